The molecule has 8 nitrogen and oxygen atoms in total. The van der Waals surface area contributed by atoms with Crippen LogP contribution in [-0.4, -0.2) is 70.9 Å². The molecule has 1 amide bonds. The van der Waals surface area contributed by atoms with Crippen LogP contribution in [0.15, 0.2) is 30.6 Å². The Balaban J connectivity index is 1.43. The third-order valence-electron chi connectivity index (χ3n) is 6.16. The van der Waals surface area contributed by atoms with Crippen LogP contribution in [0.1, 0.15) is 26.2 Å². The van der Waals surface area contributed by atoms with Gasteiger partial charge in [-0.1, -0.05) is 0 Å². The fraction of sp³-hybridized carbons (Fsp3) is 0.524. The number of fused-ring (bicyclic) bond motifs is 1. The van der Waals surface area contributed by atoms with Crippen LogP contribution >= 0.6 is 0 Å². The zero-order valence-electron chi connectivity index (χ0n) is 16.8. The van der Waals surface area contributed by atoms with Gasteiger partial charge in [-0.15, -0.1) is 0 Å². The molecule has 2 aliphatic heterocycles. The minimum atomic E-state index is -0.362. The molecule has 0 spiro atoms. The Morgan fingerprint density at radius 2 is 1.93 bits per heavy atom. The Morgan fingerprint density at radius 1 is 1.14 bits per heavy atom. The summed E-state index contributed by atoms with van der Waals surface area (Å²) in [7, 11) is 0. The van der Waals surface area contributed by atoms with E-state index in [2.05, 4.69) is 21.7 Å². The third kappa shape index (κ3) is 4.03. The molecule has 1 atom stereocenters. The minimum absolute atomic E-state index is 0.0803. The molecule has 0 radical (unpaired) electrons. The van der Waals surface area contributed by atoms with Crippen LogP contribution in [0.4, 0.5) is 11.4 Å². The van der Waals surface area contributed by atoms with Crippen molar-refractivity contribution in [1.29, 1.82) is 0 Å². The van der Waals surface area contributed by atoms with Gasteiger partial charge < -0.3 is 9.80 Å². The van der Waals surface area contributed by atoms with Gasteiger partial charge in [0.2, 0.25) is 5.91 Å². The van der Waals surface area contributed by atoms with E-state index in [9.17, 15) is 14.9 Å². The molecule has 8 heteroatoms. The van der Waals surface area contributed by atoms with Gasteiger partial charge in [-0.2, -0.15) is 0 Å². The zero-order valence-corrected chi connectivity index (χ0v) is 16.8. The molecule has 0 bridgehead atoms. The lowest BCUT2D eigenvalue weighted by Gasteiger charge is -2.39. The van der Waals surface area contributed by atoms with E-state index in [0.29, 0.717) is 18.0 Å². The van der Waals surface area contributed by atoms with Crippen LogP contribution in [0.2, 0.25) is 0 Å². The van der Waals surface area contributed by atoms with E-state index in [1.54, 1.807) is 18.5 Å². The number of nitro groups is 1. The van der Waals surface area contributed by atoms with Gasteiger partial charge in [0.1, 0.15) is 0 Å². The van der Waals surface area contributed by atoms with Crippen LogP contribution in [-0.2, 0) is 4.79 Å². The number of nitro benzene ring substituents is 1. The van der Waals surface area contributed by atoms with Gasteiger partial charge in [0.05, 0.1) is 16.9 Å². The molecule has 4 rings (SSSR count). The van der Waals surface area contributed by atoms with Crippen LogP contribution in [0.25, 0.3) is 10.8 Å². The van der Waals surface area contributed by atoms with Crippen molar-refractivity contribution in [1.82, 2.24) is 14.8 Å². The summed E-state index contributed by atoms with van der Waals surface area (Å²) >= 11 is 0. The largest absolute Gasteiger partial charge is 0.368 e. The molecule has 0 saturated carbocycles. The second kappa shape index (κ2) is 8.32. The lowest BCUT2D eigenvalue weighted by molar-refractivity contribution is -0.383. The Kier molecular flexibility index (Phi) is 5.62. The molecule has 0 aliphatic carbocycles. The van der Waals surface area contributed by atoms with Gasteiger partial charge >= 0.3 is 0 Å². The summed E-state index contributed by atoms with van der Waals surface area (Å²) in [6.45, 7) is 6.68. The number of likely N-dealkylation sites (tertiary alicyclic amines) is 1. The number of hydrogen-bond acceptors (Lipinski definition) is 6. The van der Waals surface area contributed by atoms with Crippen molar-refractivity contribution in [3.63, 3.8) is 0 Å². The topological polar surface area (TPSA) is 82.8 Å². The SMILES string of the molecule is CC1CCCCN1C(=O)CN1CCN(c2ccc([N+](=O)[O-])c3cnccc23)CC1. The molecule has 1 unspecified atom stereocenters. The van der Waals surface area contributed by atoms with E-state index in [1.165, 1.54) is 6.42 Å². The number of anilines is 1. The Bertz CT molecular complexity index is 910. The molecule has 1 aromatic heterocycles. The monoisotopic (exact) mass is 397 g/mol. The third-order valence-corrected chi connectivity index (χ3v) is 6.16. The van der Waals surface area contributed by atoms with E-state index in [-0.39, 0.29) is 16.5 Å². The highest BCUT2D eigenvalue weighted by atomic mass is 16.6. The molecule has 2 aliphatic rings. The van der Waals surface area contributed by atoms with Crippen LogP contribution in [0, 0.1) is 10.1 Å². The van der Waals surface area contributed by atoms with Crippen molar-refractivity contribution >= 4 is 28.1 Å². The molecular formula is C21H27N5O3. The summed E-state index contributed by atoms with van der Waals surface area (Å²) in [6.07, 6.45) is 6.64. The summed E-state index contributed by atoms with van der Waals surface area (Å²) in [5.41, 5.74) is 1.07. The molecule has 2 fully saturated rings. The van der Waals surface area contributed by atoms with Crippen molar-refractivity contribution < 1.29 is 9.72 Å². The average Bonchev–Trinajstić information content (AvgIpc) is 2.73. The van der Waals surface area contributed by atoms with Crippen molar-refractivity contribution in [2.24, 2.45) is 0 Å². The maximum absolute atomic E-state index is 12.7. The molecule has 154 valence electrons. The van der Waals surface area contributed by atoms with Crippen LogP contribution in [0.3, 0.4) is 0 Å². The lowest BCUT2D eigenvalue weighted by atomic mass is 10.0. The van der Waals surface area contributed by atoms with Gasteiger partial charge in [-0.25, -0.2) is 0 Å². The van der Waals surface area contributed by atoms with E-state index < -0.39 is 0 Å². The minimum Gasteiger partial charge on any atom is -0.368 e. The fourth-order valence-corrected chi connectivity index (χ4v) is 4.49. The first-order valence-electron chi connectivity index (χ1n) is 10.3. The lowest BCUT2D eigenvalue weighted by Crippen LogP contribution is -2.52. The van der Waals surface area contributed by atoms with Crippen molar-refractivity contribution in [3.8, 4) is 0 Å². The van der Waals surface area contributed by atoms with Crippen LogP contribution < -0.4 is 4.90 Å². The van der Waals surface area contributed by atoms with Crippen molar-refractivity contribution in [2.75, 3.05) is 44.2 Å². The number of hydrogen-bond donors (Lipinski definition) is 0. The maximum atomic E-state index is 12.7. The number of non-ortho nitro benzene ring substituents is 1. The Morgan fingerprint density at radius 3 is 2.66 bits per heavy atom. The number of aromatic nitrogens is 1. The van der Waals surface area contributed by atoms with Gasteiger partial charge in [0, 0.05) is 68.3 Å². The van der Waals surface area contributed by atoms with Crippen molar-refractivity contribution in [2.45, 2.75) is 32.2 Å². The predicted octanol–water partition coefficient (Wildman–Crippen LogP) is 2.67. The molecule has 29 heavy (non-hydrogen) atoms. The number of benzene rings is 1. The average molecular weight is 397 g/mol. The number of piperidine rings is 1. The van der Waals surface area contributed by atoms with E-state index in [1.807, 2.05) is 17.0 Å². The normalized spacial score (nSPS) is 20.8. The highest BCUT2D eigenvalue weighted by molar-refractivity contribution is 5.99. The van der Waals surface area contributed by atoms with E-state index in [4.69, 9.17) is 0 Å². The van der Waals surface area contributed by atoms with Crippen LogP contribution in [0.5, 0.6) is 0 Å². The van der Waals surface area contributed by atoms with E-state index in [0.717, 1.165) is 56.6 Å². The highest BCUT2D eigenvalue weighted by Crippen LogP contribution is 2.33. The highest BCUT2D eigenvalue weighted by Gasteiger charge is 2.27. The Labute approximate surface area is 170 Å². The van der Waals surface area contributed by atoms with Gasteiger partial charge in [-0.3, -0.25) is 24.8 Å². The first-order chi connectivity index (χ1) is 14.0. The molecular weight excluding hydrogens is 370 g/mol. The van der Waals surface area contributed by atoms with Crippen molar-refractivity contribution in [3.05, 3.63) is 40.7 Å². The maximum Gasteiger partial charge on any atom is 0.278 e. The second-order valence-corrected chi connectivity index (χ2v) is 7.98. The number of carbonyl (C=O) groups is 1. The van der Waals surface area contributed by atoms with Gasteiger partial charge in [-0.05, 0) is 38.3 Å². The molecule has 0 N–H and O–H groups in total. The number of amides is 1. The second-order valence-electron chi connectivity index (χ2n) is 7.98. The smallest absolute Gasteiger partial charge is 0.278 e. The summed E-state index contributed by atoms with van der Waals surface area (Å²) in [4.78, 5) is 34.2. The van der Waals surface area contributed by atoms with E-state index >= 15 is 0 Å². The Hall–Kier alpha value is -2.74. The number of rotatable bonds is 4. The molecule has 2 saturated heterocycles. The number of pyridine rings is 1. The predicted molar refractivity (Wildman–Crippen MR) is 112 cm³/mol. The van der Waals surface area contributed by atoms with Gasteiger partial charge in [0.15, 0.2) is 0 Å². The number of piperazine rings is 1. The standard InChI is InChI=1S/C21H27N5O3/c1-16-4-2-3-9-25(16)21(27)15-23-10-12-24(13-11-23)19-5-6-20(26(28)29)18-14-22-8-7-17(18)19/h5-8,14,16H,2-4,9-13,15H2,1H3. The van der Waals surface area contributed by atoms with Gasteiger partial charge in [0.25, 0.3) is 5.69 Å². The molecule has 1 aromatic carbocycles. The quantitative estimate of drug-likeness (QED) is 0.583. The first-order valence-corrected chi connectivity index (χ1v) is 10.3. The number of carbonyl (C=O) groups excluding carboxylic acids is 1. The molecule has 3 heterocycles. The number of nitrogens with zero attached hydrogens (tertiary/aromatic N) is 5. The zero-order chi connectivity index (χ0) is 20.4. The fourth-order valence-electron chi connectivity index (χ4n) is 4.49. The summed E-state index contributed by atoms with van der Waals surface area (Å²) in [6, 6.07) is 5.58. The summed E-state index contributed by atoms with van der Waals surface area (Å²) in [5, 5.41) is 12.7. The summed E-state index contributed by atoms with van der Waals surface area (Å²) in [5.74, 6) is 0.234. The summed E-state index contributed by atoms with van der Waals surface area (Å²) < 4.78 is 0. The first kappa shape index (κ1) is 19.6. The molecule has 2 aromatic rings.